The van der Waals surface area contributed by atoms with Crippen LogP contribution in [0.25, 0.3) is 0 Å². The minimum Gasteiger partial charge on any atom is -0.464 e. The Hall–Kier alpha value is -2.26. The quantitative estimate of drug-likeness (QED) is 0.790. The van der Waals surface area contributed by atoms with Crippen LogP contribution < -0.4 is 5.32 Å². The molecule has 0 bridgehead atoms. The molecule has 1 N–H and O–H groups in total. The minimum absolute atomic E-state index is 0.0650. The SMILES string of the molecule is COC(=O)c1nnn(CC(F)F)c1CCNC(=O)OC(C)(C)C. The van der Waals surface area contributed by atoms with Crippen LogP contribution in [0, 0.1) is 0 Å². The Morgan fingerprint density at radius 3 is 2.52 bits per heavy atom. The second kappa shape index (κ2) is 7.84. The molecule has 0 atom stereocenters. The summed E-state index contributed by atoms with van der Waals surface area (Å²) >= 11 is 0. The number of amides is 1. The third kappa shape index (κ3) is 6.17. The van der Waals surface area contributed by atoms with Crippen molar-refractivity contribution >= 4 is 12.1 Å². The lowest BCUT2D eigenvalue weighted by atomic mass is 10.2. The molecule has 1 rings (SSSR count). The van der Waals surface area contributed by atoms with E-state index in [2.05, 4.69) is 20.4 Å². The number of rotatable bonds is 6. The molecule has 130 valence electrons. The van der Waals surface area contributed by atoms with Gasteiger partial charge in [0.15, 0.2) is 5.69 Å². The van der Waals surface area contributed by atoms with Crippen molar-refractivity contribution in [3.63, 3.8) is 0 Å². The Morgan fingerprint density at radius 1 is 1.35 bits per heavy atom. The number of nitrogens with one attached hydrogen (secondary N) is 1. The molecule has 0 saturated carbocycles. The van der Waals surface area contributed by atoms with Crippen LogP contribution in [0.4, 0.5) is 13.6 Å². The van der Waals surface area contributed by atoms with Gasteiger partial charge in [-0.2, -0.15) is 0 Å². The molecule has 1 aromatic heterocycles. The standard InChI is InChI=1S/C13H20F2N4O4/c1-13(2,3)23-12(21)16-6-5-8-10(11(20)22-4)17-18-19(8)7-9(14)15/h9H,5-7H2,1-4H3,(H,16,21). The summed E-state index contributed by atoms with van der Waals surface area (Å²) in [5.74, 6) is -0.780. The van der Waals surface area contributed by atoms with Gasteiger partial charge in [0.25, 0.3) is 6.43 Å². The first-order valence-corrected chi connectivity index (χ1v) is 6.89. The zero-order valence-corrected chi connectivity index (χ0v) is 13.4. The minimum atomic E-state index is -2.65. The van der Waals surface area contributed by atoms with Crippen molar-refractivity contribution in [2.75, 3.05) is 13.7 Å². The van der Waals surface area contributed by atoms with Gasteiger partial charge >= 0.3 is 12.1 Å². The lowest BCUT2D eigenvalue weighted by molar-refractivity contribution is 0.0527. The van der Waals surface area contributed by atoms with Gasteiger partial charge in [-0.05, 0) is 20.8 Å². The number of carbonyl (C=O) groups is 2. The van der Waals surface area contributed by atoms with Crippen LogP contribution in [0.1, 0.15) is 37.0 Å². The number of nitrogens with zero attached hydrogens (tertiary/aromatic N) is 3. The molecule has 0 aromatic carbocycles. The van der Waals surface area contributed by atoms with Crippen LogP contribution in [-0.4, -0.2) is 52.7 Å². The summed E-state index contributed by atoms with van der Waals surface area (Å²) in [6.45, 7) is 4.50. The maximum absolute atomic E-state index is 12.5. The molecule has 1 heterocycles. The van der Waals surface area contributed by atoms with Crippen LogP contribution in [-0.2, 0) is 22.4 Å². The van der Waals surface area contributed by atoms with Crippen LogP contribution in [0.15, 0.2) is 0 Å². The normalized spacial score (nSPS) is 11.4. The van der Waals surface area contributed by atoms with Crippen molar-refractivity contribution in [2.24, 2.45) is 0 Å². The monoisotopic (exact) mass is 334 g/mol. The number of hydrogen-bond acceptors (Lipinski definition) is 6. The third-order valence-corrected chi connectivity index (χ3v) is 2.56. The molecule has 23 heavy (non-hydrogen) atoms. The molecule has 0 aliphatic heterocycles. The van der Waals surface area contributed by atoms with Gasteiger partial charge in [-0.3, -0.25) is 0 Å². The first kappa shape index (κ1) is 18.8. The number of carbonyl (C=O) groups excluding carboxylic acids is 2. The highest BCUT2D eigenvalue weighted by Crippen LogP contribution is 2.11. The van der Waals surface area contributed by atoms with Gasteiger partial charge in [-0.15, -0.1) is 5.10 Å². The molecule has 0 fully saturated rings. The Morgan fingerprint density at radius 2 is 2.00 bits per heavy atom. The summed E-state index contributed by atoms with van der Waals surface area (Å²) in [6, 6.07) is 0. The summed E-state index contributed by atoms with van der Waals surface area (Å²) in [4.78, 5) is 23.1. The highest BCUT2D eigenvalue weighted by molar-refractivity contribution is 5.88. The average Bonchev–Trinajstić information content (AvgIpc) is 2.78. The van der Waals surface area contributed by atoms with E-state index in [9.17, 15) is 18.4 Å². The van der Waals surface area contributed by atoms with Crippen molar-refractivity contribution in [1.82, 2.24) is 20.3 Å². The highest BCUT2D eigenvalue weighted by atomic mass is 19.3. The predicted molar refractivity (Wildman–Crippen MR) is 75.3 cm³/mol. The molecule has 0 radical (unpaired) electrons. The molecule has 0 aliphatic carbocycles. The van der Waals surface area contributed by atoms with Crippen LogP contribution in [0.2, 0.25) is 0 Å². The van der Waals surface area contributed by atoms with E-state index in [0.29, 0.717) is 0 Å². The van der Waals surface area contributed by atoms with Crippen LogP contribution >= 0.6 is 0 Å². The van der Waals surface area contributed by atoms with E-state index < -0.39 is 30.6 Å². The number of ether oxygens (including phenoxy) is 2. The molecular weight excluding hydrogens is 314 g/mol. The van der Waals surface area contributed by atoms with E-state index in [4.69, 9.17) is 4.74 Å². The molecule has 0 unspecified atom stereocenters. The fraction of sp³-hybridized carbons (Fsp3) is 0.692. The molecule has 10 heteroatoms. The second-order valence-corrected chi connectivity index (χ2v) is 5.63. The van der Waals surface area contributed by atoms with Gasteiger partial charge in [-0.1, -0.05) is 5.21 Å². The van der Waals surface area contributed by atoms with Gasteiger partial charge in [0, 0.05) is 13.0 Å². The maximum Gasteiger partial charge on any atom is 0.407 e. The van der Waals surface area contributed by atoms with E-state index in [1.165, 1.54) is 0 Å². The number of alkyl carbamates (subject to hydrolysis) is 1. The fourth-order valence-electron chi connectivity index (χ4n) is 1.71. The van der Waals surface area contributed by atoms with Crippen LogP contribution in [0.5, 0.6) is 0 Å². The number of methoxy groups -OCH3 is 1. The molecule has 0 saturated heterocycles. The molecular formula is C13H20F2N4O4. The van der Waals surface area contributed by atoms with E-state index >= 15 is 0 Å². The summed E-state index contributed by atoms with van der Waals surface area (Å²) in [7, 11) is 1.15. The average molecular weight is 334 g/mol. The van der Waals surface area contributed by atoms with Gasteiger partial charge in [0.1, 0.15) is 12.1 Å². The zero-order valence-electron chi connectivity index (χ0n) is 13.4. The van der Waals surface area contributed by atoms with Gasteiger partial charge in [0.05, 0.1) is 12.8 Å². The van der Waals surface area contributed by atoms with Crippen molar-refractivity contribution in [1.29, 1.82) is 0 Å². The van der Waals surface area contributed by atoms with E-state index in [1.807, 2.05) is 0 Å². The first-order valence-electron chi connectivity index (χ1n) is 6.89. The summed E-state index contributed by atoms with van der Waals surface area (Å²) in [5.41, 5.74) is -0.646. The van der Waals surface area contributed by atoms with Crippen LogP contribution in [0.3, 0.4) is 0 Å². The highest BCUT2D eigenvalue weighted by Gasteiger charge is 2.22. The Bertz CT molecular complexity index is 555. The third-order valence-electron chi connectivity index (χ3n) is 2.56. The Kier molecular flexibility index (Phi) is 6.40. The number of halogens is 2. The second-order valence-electron chi connectivity index (χ2n) is 5.63. The lowest BCUT2D eigenvalue weighted by Crippen LogP contribution is -2.34. The molecule has 1 aromatic rings. The molecule has 0 spiro atoms. The molecule has 1 amide bonds. The van der Waals surface area contributed by atoms with Gasteiger partial charge in [-0.25, -0.2) is 23.1 Å². The molecule has 0 aliphatic rings. The van der Waals surface area contributed by atoms with E-state index in [0.717, 1.165) is 11.8 Å². The predicted octanol–water partition coefficient (Wildman–Crippen LogP) is 1.40. The zero-order chi connectivity index (χ0) is 17.6. The van der Waals surface area contributed by atoms with Gasteiger partial charge < -0.3 is 14.8 Å². The number of hydrogen-bond donors (Lipinski definition) is 1. The first-order chi connectivity index (χ1) is 10.6. The largest absolute Gasteiger partial charge is 0.464 e. The lowest BCUT2D eigenvalue weighted by Gasteiger charge is -2.19. The summed E-state index contributed by atoms with van der Waals surface area (Å²) < 4.78 is 35.6. The number of aromatic nitrogens is 3. The van der Waals surface area contributed by atoms with Crippen molar-refractivity contribution in [3.05, 3.63) is 11.4 Å². The topological polar surface area (TPSA) is 95.3 Å². The summed E-state index contributed by atoms with van der Waals surface area (Å²) in [6.07, 6.45) is -3.23. The van der Waals surface area contributed by atoms with Gasteiger partial charge in [0.2, 0.25) is 0 Å². The smallest absolute Gasteiger partial charge is 0.407 e. The fourth-order valence-corrected chi connectivity index (χ4v) is 1.71. The molecule has 8 nitrogen and oxygen atoms in total. The summed E-state index contributed by atoms with van der Waals surface area (Å²) in [5, 5.41) is 9.56. The van der Waals surface area contributed by atoms with Crippen molar-refractivity contribution < 1.29 is 27.8 Å². The van der Waals surface area contributed by atoms with Crippen molar-refractivity contribution in [2.45, 2.75) is 45.8 Å². The number of esters is 1. The number of alkyl halides is 2. The maximum atomic E-state index is 12.5. The van der Waals surface area contributed by atoms with E-state index in [-0.39, 0.29) is 24.4 Å². The van der Waals surface area contributed by atoms with Crippen molar-refractivity contribution in [3.8, 4) is 0 Å². The van der Waals surface area contributed by atoms with E-state index in [1.54, 1.807) is 20.8 Å². The Labute approximate surface area is 132 Å². The Balaban J connectivity index is 2.75.